The number of carbonyl (C=O) groups is 2. The van der Waals surface area contributed by atoms with Crippen molar-refractivity contribution < 1.29 is 34.4 Å². The van der Waals surface area contributed by atoms with E-state index >= 15 is 0 Å². The standard InChI is InChI=1S/C30H39NO7S/c1-18-9-12-21(28-26(34)25(33)27(35)30(38-28)39-2)17-22(18)16-19-10-13-23(14-11-19)37-15-5-8-24(32)31-29(36)20-6-3-4-7-20/h9-14,17,20,25-28,30,33-35H,3-8,15-16H2,1-2H3,(H,31,32,36)/t25-,26-,27+,28+,30-/m1/s1. The van der Waals surface area contributed by atoms with Gasteiger partial charge in [-0.3, -0.25) is 14.9 Å². The molecule has 0 aromatic heterocycles. The van der Waals surface area contributed by atoms with E-state index in [1.54, 1.807) is 6.26 Å². The fourth-order valence-electron chi connectivity index (χ4n) is 5.21. The number of benzene rings is 2. The van der Waals surface area contributed by atoms with E-state index in [-0.39, 0.29) is 24.2 Å². The van der Waals surface area contributed by atoms with Crippen LogP contribution in [0.1, 0.15) is 66.9 Å². The molecule has 2 fully saturated rings. The summed E-state index contributed by atoms with van der Waals surface area (Å²) in [7, 11) is 0. The lowest BCUT2D eigenvalue weighted by molar-refractivity contribution is -0.200. The maximum absolute atomic E-state index is 12.1. The average Bonchev–Trinajstić information content (AvgIpc) is 3.48. The zero-order chi connectivity index (χ0) is 27.9. The number of amides is 2. The molecule has 0 spiro atoms. The van der Waals surface area contributed by atoms with Crippen molar-refractivity contribution in [1.29, 1.82) is 0 Å². The third kappa shape index (κ3) is 7.61. The van der Waals surface area contributed by atoms with Gasteiger partial charge in [0.2, 0.25) is 11.8 Å². The first-order chi connectivity index (χ1) is 18.8. The highest BCUT2D eigenvalue weighted by atomic mass is 32.2. The monoisotopic (exact) mass is 557 g/mol. The molecule has 39 heavy (non-hydrogen) atoms. The summed E-state index contributed by atoms with van der Waals surface area (Å²) in [6.07, 6.45) is 2.68. The first kappa shape index (κ1) is 29.6. The van der Waals surface area contributed by atoms with Crippen LogP contribution < -0.4 is 10.1 Å². The Morgan fingerprint density at radius 1 is 1.03 bits per heavy atom. The fourth-order valence-corrected chi connectivity index (χ4v) is 5.88. The van der Waals surface area contributed by atoms with Crippen molar-refractivity contribution in [3.63, 3.8) is 0 Å². The molecule has 1 aliphatic heterocycles. The SMILES string of the molecule is CS[C@H]1O[C@@H](c2ccc(C)c(Cc3ccc(OCCCC(=O)NC(=O)C4CCCC4)cc3)c2)[C@H](O)[C@@H](O)[C@@H]1O. The smallest absolute Gasteiger partial charge is 0.229 e. The summed E-state index contributed by atoms with van der Waals surface area (Å²) in [6.45, 7) is 2.41. The van der Waals surface area contributed by atoms with Crippen LogP contribution in [0.4, 0.5) is 0 Å². The second-order valence-corrected chi connectivity index (χ2v) is 11.4. The van der Waals surface area contributed by atoms with Crippen molar-refractivity contribution in [2.24, 2.45) is 5.92 Å². The summed E-state index contributed by atoms with van der Waals surface area (Å²) in [5.41, 5.74) is 3.36. The summed E-state index contributed by atoms with van der Waals surface area (Å²) in [6, 6.07) is 13.6. The van der Waals surface area contributed by atoms with Gasteiger partial charge in [0.1, 0.15) is 35.6 Å². The van der Waals surface area contributed by atoms with Gasteiger partial charge in [0.25, 0.3) is 0 Å². The molecule has 212 valence electrons. The summed E-state index contributed by atoms with van der Waals surface area (Å²) in [5, 5.41) is 33.5. The third-order valence-electron chi connectivity index (χ3n) is 7.63. The number of aliphatic hydroxyl groups excluding tert-OH is 3. The van der Waals surface area contributed by atoms with E-state index in [0.717, 1.165) is 47.9 Å². The summed E-state index contributed by atoms with van der Waals surface area (Å²) in [5.74, 6) is 0.305. The van der Waals surface area contributed by atoms with E-state index in [2.05, 4.69) is 5.32 Å². The van der Waals surface area contributed by atoms with Crippen LogP contribution in [0.25, 0.3) is 0 Å². The Morgan fingerprint density at radius 3 is 2.44 bits per heavy atom. The number of imide groups is 1. The average molecular weight is 558 g/mol. The number of aliphatic hydroxyl groups is 3. The van der Waals surface area contributed by atoms with Crippen molar-refractivity contribution >= 4 is 23.6 Å². The van der Waals surface area contributed by atoms with Gasteiger partial charge in [0.05, 0.1) is 6.61 Å². The minimum absolute atomic E-state index is 0.0170. The predicted octanol–water partition coefficient (Wildman–Crippen LogP) is 3.42. The Bertz CT molecular complexity index is 1120. The van der Waals surface area contributed by atoms with Crippen LogP contribution in [0, 0.1) is 12.8 Å². The van der Waals surface area contributed by atoms with Gasteiger partial charge in [-0.1, -0.05) is 43.2 Å². The van der Waals surface area contributed by atoms with E-state index in [9.17, 15) is 24.9 Å². The number of nitrogens with one attached hydrogen (secondary N) is 1. The fraction of sp³-hybridized carbons (Fsp3) is 0.533. The van der Waals surface area contributed by atoms with Crippen LogP contribution in [0.2, 0.25) is 0 Å². The molecular formula is C30H39NO7S. The molecule has 2 amide bonds. The minimum Gasteiger partial charge on any atom is -0.494 e. The third-order valence-corrected chi connectivity index (χ3v) is 8.48. The van der Waals surface area contributed by atoms with Crippen molar-refractivity contribution in [3.05, 3.63) is 64.7 Å². The second kappa shape index (κ2) is 13.8. The van der Waals surface area contributed by atoms with Crippen LogP contribution >= 0.6 is 11.8 Å². The molecule has 8 nitrogen and oxygen atoms in total. The first-order valence-corrected chi connectivity index (χ1v) is 14.9. The highest BCUT2D eigenvalue weighted by Gasteiger charge is 2.44. The van der Waals surface area contributed by atoms with Crippen molar-refractivity contribution in [3.8, 4) is 5.75 Å². The Balaban J connectivity index is 1.27. The van der Waals surface area contributed by atoms with E-state index in [1.165, 1.54) is 11.8 Å². The molecule has 1 saturated carbocycles. The molecule has 2 aliphatic rings. The molecule has 1 saturated heterocycles. The van der Waals surface area contributed by atoms with E-state index in [1.807, 2.05) is 49.4 Å². The molecule has 1 aliphatic carbocycles. The number of hydrogen-bond donors (Lipinski definition) is 4. The highest BCUT2D eigenvalue weighted by molar-refractivity contribution is 7.99. The molecule has 0 radical (unpaired) electrons. The lowest BCUT2D eigenvalue weighted by atomic mass is 9.91. The zero-order valence-electron chi connectivity index (χ0n) is 22.5. The highest BCUT2D eigenvalue weighted by Crippen LogP contribution is 2.36. The Morgan fingerprint density at radius 2 is 1.74 bits per heavy atom. The maximum Gasteiger partial charge on any atom is 0.229 e. The van der Waals surface area contributed by atoms with Gasteiger partial charge in [-0.15, -0.1) is 11.8 Å². The molecular weight excluding hydrogens is 518 g/mol. The molecule has 4 rings (SSSR count). The quantitative estimate of drug-likeness (QED) is 0.328. The Labute approximate surface area is 234 Å². The van der Waals surface area contributed by atoms with Crippen molar-refractivity contribution in [1.82, 2.24) is 5.32 Å². The predicted molar refractivity (Wildman–Crippen MR) is 149 cm³/mol. The second-order valence-electron chi connectivity index (χ2n) is 10.5. The van der Waals surface area contributed by atoms with Gasteiger partial charge < -0.3 is 24.8 Å². The zero-order valence-corrected chi connectivity index (χ0v) is 23.4. The summed E-state index contributed by atoms with van der Waals surface area (Å²) >= 11 is 1.30. The van der Waals surface area contributed by atoms with Crippen LogP contribution in [0.15, 0.2) is 42.5 Å². The number of carbonyl (C=O) groups excluding carboxylic acids is 2. The maximum atomic E-state index is 12.1. The van der Waals surface area contributed by atoms with Crippen molar-refractivity contribution in [2.45, 2.75) is 81.7 Å². The summed E-state index contributed by atoms with van der Waals surface area (Å²) in [4.78, 5) is 24.1. The van der Waals surface area contributed by atoms with Gasteiger partial charge in [-0.2, -0.15) is 0 Å². The Hall–Kier alpha value is -2.43. The lowest BCUT2D eigenvalue weighted by Crippen LogP contribution is -2.52. The van der Waals surface area contributed by atoms with Gasteiger partial charge in [0, 0.05) is 12.3 Å². The largest absolute Gasteiger partial charge is 0.494 e. The van der Waals surface area contributed by atoms with E-state index < -0.39 is 29.9 Å². The topological polar surface area (TPSA) is 125 Å². The number of aryl methyl sites for hydroxylation is 1. The number of ether oxygens (including phenoxy) is 2. The Kier molecular flexibility index (Phi) is 10.4. The molecule has 4 N–H and O–H groups in total. The normalized spacial score (nSPS) is 25.4. The van der Waals surface area contributed by atoms with Gasteiger partial charge in [-0.25, -0.2) is 0 Å². The molecule has 0 bridgehead atoms. The molecule has 5 atom stereocenters. The van der Waals surface area contributed by atoms with E-state index in [0.29, 0.717) is 25.2 Å². The van der Waals surface area contributed by atoms with Gasteiger partial charge >= 0.3 is 0 Å². The molecule has 2 aromatic rings. The van der Waals surface area contributed by atoms with E-state index in [4.69, 9.17) is 9.47 Å². The van der Waals surface area contributed by atoms with Gasteiger partial charge in [-0.05, 0) is 73.2 Å². The summed E-state index contributed by atoms with van der Waals surface area (Å²) < 4.78 is 11.7. The lowest BCUT2D eigenvalue weighted by Gasteiger charge is -2.40. The van der Waals surface area contributed by atoms with Crippen LogP contribution in [0.5, 0.6) is 5.75 Å². The van der Waals surface area contributed by atoms with Crippen LogP contribution in [-0.2, 0) is 20.7 Å². The number of hydrogen-bond acceptors (Lipinski definition) is 8. The molecule has 9 heteroatoms. The van der Waals surface area contributed by atoms with Crippen LogP contribution in [-0.4, -0.2) is 63.7 Å². The molecule has 2 aromatic carbocycles. The number of thioether (sulfide) groups is 1. The first-order valence-electron chi connectivity index (χ1n) is 13.6. The van der Waals surface area contributed by atoms with Crippen molar-refractivity contribution in [2.75, 3.05) is 12.9 Å². The van der Waals surface area contributed by atoms with Crippen LogP contribution in [0.3, 0.4) is 0 Å². The number of rotatable bonds is 10. The minimum atomic E-state index is -1.28. The van der Waals surface area contributed by atoms with Gasteiger partial charge in [0.15, 0.2) is 0 Å². The molecule has 0 unspecified atom stereocenters. The molecule has 1 heterocycles.